The fourth-order valence-corrected chi connectivity index (χ4v) is 2.16. The second kappa shape index (κ2) is 8.67. The summed E-state index contributed by atoms with van der Waals surface area (Å²) in [6.45, 7) is 9.08. The molecular weight excluding hydrogens is 266 g/mol. The monoisotopic (exact) mass is 293 g/mol. The van der Waals surface area contributed by atoms with Crippen LogP contribution in [0, 0.1) is 0 Å². The fourth-order valence-electron chi connectivity index (χ4n) is 2.16. The van der Waals surface area contributed by atoms with Gasteiger partial charge in [-0.3, -0.25) is 4.79 Å². The highest BCUT2D eigenvalue weighted by Gasteiger charge is 2.32. The molecule has 0 bridgehead atoms. The van der Waals surface area contributed by atoms with Crippen molar-refractivity contribution >= 4 is 11.6 Å². The van der Waals surface area contributed by atoms with Gasteiger partial charge in [0.1, 0.15) is 11.4 Å². The van der Waals surface area contributed by atoms with Gasteiger partial charge in [0.25, 0.3) is 5.91 Å². The Kier molecular flexibility index (Phi) is 7.23. The van der Waals surface area contributed by atoms with Crippen LogP contribution in [-0.2, 0) is 9.53 Å². The average Bonchev–Trinajstić information content (AvgIpc) is 2.47. The van der Waals surface area contributed by atoms with Gasteiger partial charge in [0.2, 0.25) is 0 Å². The number of benzene rings is 1. The molecule has 1 amide bonds. The zero-order valence-electron chi connectivity index (χ0n) is 13.6. The molecule has 0 radical (unpaired) electrons. The van der Waals surface area contributed by atoms with E-state index in [1.54, 1.807) is 0 Å². The number of hydrogen-bond acceptors (Lipinski definition) is 3. The fraction of sp³-hybridized carbons (Fsp3) is 0.588. The first-order chi connectivity index (χ1) is 10.1. The molecule has 0 saturated heterocycles. The van der Waals surface area contributed by atoms with Crippen LogP contribution < -0.4 is 10.1 Å². The summed E-state index contributed by atoms with van der Waals surface area (Å²) in [5.41, 5.74) is -0.0215. The molecule has 1 aromatic carbocycles. The summed E-state index contributed by atoms with van der Waals surface area (Å²) in [7, 11) is 0. The number of hydrogen-bond donors (Lipinski definition) is 1. The smallest absolute Gasteiger partial charge is 0.256 e. The van der Waals surface area contributed by atoms with Gasteiger partial charge >= 0.3 is 0 Å². The van der Waals surface area contributed by atoms with Crippen LogP contribution in [0.2, 0.25) is 0 Å². The standard InChI is InChI=1S/C17H27NO3/c1-5-12-17(4,21-7-3)16(19)18-14-8-10-15(11-9-14)20-13-6-2/h8-11H,5-7,12-13H2,1-4H3,(H,18,19)/t17-/m0/s1. The lowest BCUT2D eigenvalue weighted by molar-refractivity contribution is -0.139. The Morgan fingerprint density at radius 1 is 1.14 bits per heavy atom. The average molecular weight is 293 g/mol. The lowest BCUT2D eigenvalue weighted by Crippen LogP contribution is -2.42. The zero-order chi connectivity index (χ0) is 15.7. The van der Waals surface area contributed by atoms with E-state index in [0.717, 1.165) is 24.3 Å². The summed E-state index contributed by atoms with van der Waals surface area (Å²) in [6.07, 6.45) is 2.57. The second-order valence-corrected chi connectivity index (χ2v) is 5.24. The number of anilines is 1. The van der Waals surface area contributed by atoms with Gasteiger partial charge < -0.3 is 14.8 Å². The van der Waals surface area contributed by atoms with Gasteiger partial charge in [0, 0.05) is 12.3 Å². The van der Waals surface area contributed by atoms with Gasteiger partial charge in [-0.25, -0.2) is 0 Å². The summed E-state index contributed by atoms with van der Waals surface area (Å²) in [4.78, 5) is 12.4. The van der Waals surface area contributed by atoms with Crippen LogP contribution in [0.25, 0.3) is 0 Å². The third-order valence-electron chi connectivity index (χ3n) is 3.26. The Bertz CT molecular complexity index is 422. The molecule has 0 fully saturated rings. The molecule has 21 heavy (non-hydrogen) atoms. The van der Waals surface area contributed by atoms with E-state index in [1.807, 2.05) is 45.0 Å². The first kappa shape index (κ1) is 17.5. The number of amides is 1. The zero-order valence-corrected chi connectivity index (χ0v) is 13.6. The minimum absolute atomic E-state index is 0.103. The molecule has 0 aliphatic heterocycles. The van der Waals surface area contributed by atoms with E-state index in [0.29, 0.717) is 19.6 Å². The normalized spacial score (nSPS) is 13.5. The molecule has 1 N–H and O–H groups in total. The third-order valence-corrected chi connectivity index (χ3v) is 3.26. The molecule has 0 aliphatic rings. The quantitative estimate of drug-likeness (QED) is 0.748. The number of rotatable bonds is 9. The molecule has 118 valence electrons. The molecule has 0 aromatic heterocycles. The minimum atomic E-state index is -0.777. The maximum atomic E-state index is 12.4. The van der Waals surface area contributed by atoms with Gasteiger partial charge in [0.15, 0.2) is 0 Å². The molecule has 0 unspecified atom stereocenters. The number of carbonyl (C=O) groups excluding carboxylic acids is 1. The molecule has 1 aromatic rings. The maximum Gasteiger partial charge on any atom is 0.256 e. The van der Waals surface area contributed by atoms with Gasteiger partial charge in [-0.15, -0.1) is 0 Å². The first-order valence-corrected chi connectivity index (χ1v) is 7.74. The molecular formula is C17H27NO3. The predicted molar refractivity (Wildman–Crippen MR) is 85.8 cm³/mol. The van der Waals surface area contributed by atoms with Crippen molar-refractivity contribution in [2.75, 3.05) is 18.5 Å². The van der Waals surface area contributed by atoms with Gasteiger partial charge in [-0.05, 0) is 51.0 Å². The van der Waals surface area contributed by atoms with Crippen molar-refractivity contribution in [1.82, 2.24) is 0 Å². The van der Waals surface area contributed by atoms with Gasteiger partial charge in [0.05, 0.1) is 6.61 Å². The largest absolute Gasteiger partial charge is 0.494 e. The van der Waals surface area contributed by atoms with E-state index in [9.17, 15) is 4.79 Å². The molecule has 0 spiro atoms. The van der Waals surface area contributed by atoms with Crippen molar-refractivity contribution < 1.29 is 14.3 Å². The van der Waals surface area contributed by atoms with E-state index in [1.165, 1.54) is 0 Å². The van der Waals surface area contributed by atoms with Gasteiger partial charge in [-0.1, -0.05) is 20.3 Å². The van der Waals surface area contributed by atoms with Crippen LogP contribution in [0.15, 0.2) is 24.3 Å². The lowest BCUT2D eigenvalue weighted by Gasteiger charge is -2.27. The van der Waals surface area contributed by atoms with Crippen molar-refractivity contribution in [1.29, 1.82) is 0 Å². The van der Waals surface area contributed by atoms with Crippen LogP contribution in [0.1, 0.15) is 47.0 Å². The van der Waals surface area contributed by atoms with Crippen molar-refractivity contribution in [2.24, 2.45) is 0 Å². The van der Waals surface area contributed by atoms with E-state index in [4.69, 9.17) is 9.47 Å². The number of carbonyl (C=O) groups is 1. The van der Waals surface area contributed by atoms with E-state index in [-0.39, 0.29) is 5.91 Å². The molecule has 4 nitrogen and oxygen atoms in total. The Labute approximate surface area is 127 Å². The summed E-state index contributed by atoms with van der Waals surface area (Å²) in [5.74, 6) is 0.712. The SMILES string of the molecule is CCCOc1ccc(NC(=O)[C@](C)(CCC)OCC)cc1. The minimum Gasteiger partial charge on any atom is -0.494 e. The molecule has 0 aliphatic carbocycles. The molecule has 1 atom stereocenters. The first-order valence-electron chi connectivity index (χ1n) is 7.74. The van der Waals surface area contributed by atoms with Crippen molar-refractivity contribution in [3.63, 3.8) is 0 Å². The Balaban J connectivity index is 2.68. The lowest BCUT2D eigenvalue weighted by atomic mass is 9.99. The van der Waals surface area contributed by atoms with Crippen LogP contribution in [0.3, 0.4) is 0 Å². The number of nitrogens with one attached hydrogen (secondary N) is 1. The van der Waals surface area contributed by atoms with E-state index < -0.39 is 5.60 Å². The van der Waals surface area contributed by atoms with Crippen molar-refractivity contribution in [3.8, 4) is 5.75 Å². The van der Waals surface area contributed by atoms with Crippen LogP contribution >= 0.6 is 0 Å². The summed E-state index contributed by atoms with van der Waals surface area (Å²) in [5, 5.41) is 2.92. The highest BCUT2D eigenvalue weighted by molar-refractivity contribution is 5.97. The number of ether oxygens (including phenoxy) is 2. The third kappa shape index (κ3) is 5.38. The molecule has 0 heterocycles. The highest BCUT2D eigenvalue weighted by Crippen LogP contribution is 2.22. The Morgan fingerprint density at radius 2 is 1.81 bits per heavy atom. The highest BCUT2D eigenvalue weighted by atomic mass is 16.5. The van der Waals surface area contributed by atoms with Crippen LogP contribution in [-0.4, -0.2) is 24.7 Å². The summed E-state index contributed by atoms with van der Waals surface area (Å²) >= 11 is 0. The van der Waals surface area contributed by atoms with E-state index >= 15 is 0 Å². The van der Waals surface area contributed by atoms with Crippen molar-refractivity contribution in [3.05, 3.63) is 24.3 Å². The predicted octanol–water partition coefficient (Wildman–Crippen LogP) is 4.01. The summed E-state index contributed by atoms with van der Waals surface area (Å²) in [6, 6.07) is 7.43. The molecule has 1 rings (SSSR count). The molecule has 4 heteroatoms. The van der Waals surface area contributed by atoms with Gasteiger partial charge in [-0.2, -0.15) is 0 Å². The second-order valence-electron chi connectivity index (χ2n) is 5.24. The van der Waals surface area contributed by atoms with Crippen molar-refractivity contribution in [2.45, 2.75) is 52.6 Å². The topological polar surface area (TPSA) is 47.6 Å². The van der Waals surface area contributed by atoms with Crippen LogP contribution in [0.5, 0.6) is 5.75 Å². The summed E-state index contributed by atoms with van der Waals surface area (Å²) < 4.78 is 11.2. The maximum absolute atomic E-state index is 12.4. The molecule has 0 saturated carbocycles. The Morgan fingerprint density at radius 3 is 2.33 bits per heavy atom. The Hall–Kier alpha value is -1.55. The van der Waals surface area contributed by atoms with E-state index in [2.05, 4.69) is 12.2 Å². The van der Waals surface area contributed by atoms with Crippen LogP contribution in [0.4, 0.5) is 5.69 Å².